The van der Waals surface area contributed by atoms with E-state index in [-0.39, 0.29) is 0 Å². The van der Waals surface area contributed by atoms with Crippen LogP contribution in [0.2, 0.25) is 0 Å². The number of hydrogen-bond donors (Lipinski definition) is 2. The van der Waals surface area contributed by atoms with Crippen molar-refractivity contribution in [1.29, 1.82) is 0 Å². The first-order chi connectivity index (χ1) is 5.11. The van der Waals surface area contributed by atoms with Crippen LogP contribution >= 0.6 is 0 Å². The molecule has 0 radical (unpaired) electrons. The van der Waals surface area contributed by atoms with Crippen molar-refractivity contribution in [2.24, 2.45) is 0 Å². The molecule has 4 heteroatoms. The molecule has 0 spiro atoms. The third kappa shape index (κ3) is 2.01. The normalized spacial score (nSPS) is 12.9. The molecule has 0 fully saturated rings. The van der Waals surface area contributed by atoms with Crippen LogP contribution in [0.15, 0.2) is 18.2 Å². The summed E-state index contributed by atoms with van der Waals surface area (Å²) in [6.07, 6.45) is 0. The summed E-state index contributed by atoms with van der Waals surface area (Å²) in [5.74, 6) is 0. The number of hydrogen-bond acceptors (Lipinski definition) is 2. The van der Waals surface area contributed by atoms with Gasteiger partial charge in [0.2, 0.25) is 0 Å². The molecule has 1 aromatic carbocycles. The van der Waals surface area contributed by atoms with Gasteiger partial charge in [0.25, 0.3) is 0 Å². The molecule has 0 amide bonds. The molecule has 0 aliphatic rings. The summed E-state index contributed by atoms with van der Waals surface area (Å²) in [6.45, 7) is 1.79. The molecule has 0 aliphatic heterocycles. The van der Waals surface area contributed by atoms with Crippen molar-refractivity contribution in [3.05, 3.63) is 23.8 Å². The van der Waals surface area contributed by atoms with Gasteiger partial charge in [0.15, 0.2) is 0 Å². The molecule has 1 unspecified atom stereocenters. The predicted octanol–water partition coefficient (Wildman–Crippen LogP) is -0.572. The summed E-state index contributed by atoms with van der Waals surface area (Å²) in [5, 5.41) is 0. The zero-order valence-electron chi connectivity index (χ0n) is 6.16. The van der Waals surface area contributed by atoms with Gasteiger partial charge in [-0.1, -0.05) is 0 Å². The van der Waals surface area contributed by atoms with E-state index in [9.17, 15) is 3.02 Å². The Labute approximate surface area is 72.8 Å². The van der Waals surface area contributed by atoms with E-state index >= 15 is 0 Å². The summed E-state index contributed by atoms with van der Waals surface area (Å²) in [4.78, 5) is 0. The maximum atomic E-state index is 10.8. The number of anilines is 1. The van der Waals surface area contributed by atoms with Crippen molar-refractivity contribution in [1.82, 2.24) is 0 Å². The quantitative estimate of drug-likeness (QED) is 0.526. The van der Waals surface area contributed by atoms with Crippen LogP contribution in [0, 0.1) is 6.92 Å². The molecule has 60 valence electrons. The van der Waals surface area contributed by atoms with Crippen LogP contribution in [-0.2, 0) is 3.02 Å². The molecule has 3 N–H and O–H groups in total. The zero-order chi connectivity index (χ0) is 8.43. The molecule has 1 atom stereocenters. The van der Waals surface area contributed by atoms with E-state index in [1.165, 1.54) is 0 Å². The van der Waals surface area contributed by atoms with Crippen LogP contribution in [0.5, 0.6) is 0 Å². The summed E-state index contributed by atoms with van der Waals surface area (Å²) >= 11 is -3.41. The van der Waals surface area contributed by atoms with Gasteiger partial charge in [0.1, 0.15) is 0 Å². The Hall–Kier alpha value is -0.402. The van der Waals surface area contributed by atoms with Gasteiger partial charge in [-0.3, -0.25) is 0 Å². The number of benzene rings is 1. The Bertz CT molecular complexity index is 298. The summed E-state index contributed by atoms with van der Waals surface area (Å²) in [5.41, 5.74) is 6.92. The zero-order valence-corrected chi connectivity index (χ0v) is 9.02. The Morgan fingerprint density at radius 2 is 2.18 bits per heavy atom. The minimum absolute atomic E-state index is 0.585. The first kappa shape index (κ1) is 8.69. The van der Waals surface area contributed by atoms with E-state index in [0.29, 0.717) is 9.20 Å². The summed E-state index contributed by atoms with van der Waals surface area (Å²) < 4.78 is 20.3. The second-order valence-corrected chi connectivity index (χ2v) is 5.66. The molecule has 0 saturated carbocycles. The standard InChI is InChI=1S/C7H8N.H2O.O.Sb.H/c1-6-3-2-4-7(8)5-6;;;;/h2,4-5H,8H2,1H3;1H2;;;/q;;;+1;/p-1. The van der Waals surface area contributed by atoms with Crippen molar-refractivity contribution < 1.29 is 6.40 Å². The molecule has 11 heavy (non-hydrogen) atoms. The van der Waals surface area contributed by atoms with Crippen LogP contribution in [0.25, 0.3) is 0 Å². The fourth-order valence-corrected chi connectivity index (χ4v) is 2.74. The maximum absolute atomic E-state index is 10.8. The number of nitrogens with two attached hydrogens (primary N) is 1. The van der Waals surface area contributed by atoms with E-state index in [4.69, 9.17) is 9.12 Å². The van der Waals surface area contributed by atoms with Crippen molar-refractivity contribution in [3.63, 3.8) is 0 Å². The van der Waals surface area contributed by atoms with Crippen LogP contribution in [0.1, 0.15) is 5.56 Å². The van der Waals surface area contributed by atoms with Crippen molar-refractivity contribution in [3.8, 4) is 0 Å². The Morgan fingerprint density at radius 3 is 2.64 bits per heavy atom. The second kappa shape index (κ2) is 3.33. The van der Waals surface area contributed by atoms with Crippen molar-refractivity contribution in [2.45, 2.75) is 6.92 Å². The molecule has 0 aromatic heterocycles. The summed E-state index contributed by atoms with van der Waals surface area (Å²) in [6, 6.07) is 4.99. The molecule has 0 heterocycles. The Kier molecular flexibility index (Phi) is 2.63. The van der Waals surface area contributed by atoms with E-state index in [0.717, 1.165) is 5.56 Å². The van der Waals surface area contributed by atoms with Gasteiger partial charge in [-0.05, 0) is 0 Å². The van der Waals surface area contributed by atoms with Crippen LogP contribution in [0.3, 0.4) is 0 Å². The first-order valence-electron chi connectivity index (χ1n) is 3.20. The van der Waals surface area contributed by atoms with Gasteiger partial charge in [0, 0.05) is 0 Å². The van der Waals surface area contributed by atoms with Crippen LogP contribution in [0.4, 0.5) is 5.69 Å². The Balaban J connectivity index is 3.20. The van der Waals surface area contributed by atoms with Gasteiger partial charge < -0.3 is 0 Å². The van der Waals surface area contributed by atoms with Gasteiger partial charge >= 0.3 is 72.6 Å². The third-order valence-corrected chi connectivity index (χ3v) is 4.40. The van der Waals surface area contributed by atoms with Crippen molar-refractivity contribution in [2.75, 3.05) is 5.73 Å². The SMILES string of the molecule is Cc1cc(N)cc[c]1[SbH](=[O])[OH]. The van der Waals surface area contributed by atoms with Gasteiger partial charge in [-0.2, -0.15) is 0 Å². The summed E-state index contributed by atoms with van der Waals surface area (Å²) in [7, 11) is 0. The van der Waals surface area contributed by atoms with E-state index in [2.05, 4.69) is 0 Å². The first-order valence-corrected chi connectivity index (χ1v) is 7.07. The fraction of sp³-hybridized carbons (Fsp3) is 0.143. The predicted molar refractivity (Wildman–Crippen MR) is 45.3 cm³/mol. The molecule has 1 aromatic rings. The van der Waals surface area contributed by atoms with Crippen LogP contribution < -0.4 is 9.24 Å². The van der Waals surface area contributed by atoms with Crippen LogP contribution in [-0.4, -0.2) is 24.0 Å². The Morgan fingerprint density at radius 1 is 1.55 bits per heavy atom. The third-order valence-electron chi connectivity index (χ3n) is 1.48. The average Bonchev–Trinajstić information content (AvgIpc) is 1.85. The monoisotopic (exact) mass is 261 g/mol. The molecule has 0 aliphatic carbocycles. The van der Waals surface area contributed by atoms with E-state index in [1.54, 1.807) is 25.1 Å². The average molecular weight is 262 g/mol. The van der Waals surface area contributed by atoms with E-state index < -0.39 is 20.6 Å². The van der Waals surface area contributed by atoms with E-state index in [1.807, 2.05) is 0 Å². The number of aryl methyl sites for hydroxylation is 1. The van der Waals surface area contributed by atoms with Gasteiger partial charge in [0.05, 0.1) is 0 Å². The fourth-order valence-electron chi connectivity index (χ4n) is 0.927. The molecular formula is C7H10NO2Sb. The van der Waals surface area contributed by atoms with Gasteiger partial charge in [-0.15, -0.1) is 0 Å². The molecule has 0 bridgehead atoms. The van der Waals surface area contributed by atoms with Gasteiger partial charge in [-0.25, -0.2) is 0 Å². The number of nitrogen functional groups attached to an aromatic ring is 1. The second-order valence-electron chi connectivity index (χ2n) is 2.38. The van der Waals surface area contributed by atoms with Crippen molar-refractivity contribution >= 4 is 29.8 Å². The molecule has 1 rings (SSSR count). The number of rotatable bonds is 1. The topological polar surface area (TPSA) is 63.3 Å². The minimum atomic E-state index is -3.41. The molecule has 0 saturated heterocycles. The molecule has 3 nitrogen and oxygen atoms in total. The molecular weight excluding hydrogens is 252 g/mol.